The second-order valence-corrected chi connectivity index (χ2v) is 7.81. The number of fused-ring (bicyclic) bond motifs is 1. The highest BCUT2D eigenvalue weighted by Gasteiger charge is 2.45. The van der Waals surface area contributed by atoms with Crippen LogP contribution in [0.4, 0.5) is 0 Å². The molecule has 1 fully saturated rings. The zero-order chi connectivity index (χ0) is 25.4. The molecule has 2 heterocycles. The lowest BCUT2D eigenvalue weighted by molar-refractivity contribution is -0.277. The minimum absolute atomic E-state index is 0.0307. The number of ether oxygens (including phenoxy) is 4. The van der Waals surface area contributed by atoms with E-state index in [2.05, 4.69) is 0 Å². The molecule has 35 heavy (non-hydrogen) atoms. The molecule has 0 amide bonds. The molecule has 0 spiro atoms. The van der Waals surface area contributed by atoms with Crippen molar-refractivity contribution in [3.05, 3.63) is 40.6 Å². The Labute approximate surface area is 197 Å². The van der Waals surface area contributed by atoms with Crippen LogP contribution in [0, 0.1) is 0 Å². The van der Waals surface area contributed by atoms with Crippen molar-refractivity contribution in [1.82, 2.24) is 0 Å². The number of aliphatic hydroxyl groups is 4. The fraction of sp³-hybridized carbons (Fsp3) is 0.348. The lowest BCUT2D eigenvalue weighted by Gasteiger charge is -2.39. The summed E-state index contributed by atoms with van der Waals surface area (Å²) in [6.07, 6.45) is -7.37. The second kappa shape index (κ2) is 9.60. The summed E-state index contributed by atoms with van der Waals surface area (Å²) in [5.74, 6) is -0.741. The van der Waals surface area contributed by atoms with Crippen LogP contribution in [0.3, 0.4) is 0 Å². The highest BCUT2D eigenvalue weighted by atomic mass is 16.7. The molecule has 0 saturated carbocycles. The molecule has 4 rings (SSSR count). The van der Waals surface area contributed by atoms with Crippen LogP contribution in [0.1, 0.15) is 0 Å². The van der Waals surface area contributed by atoms with Crippen molar-refractivity contribution >= 4 is 11.0 Å². The summed E-state index contributed by atoms with van der Waals surface area (Å²) in [5, 5.41) is 59.8. The highest BCUT2D eigenvalue weighted by Crippen LogP contribution is 2.41. The molecule has 188 valence electrons. The van der Waals surface area contributed by atoms with Crippen molar-refractivity contribution in [3.63, 3.8) is 0 Å². The van der Waals surface area contributed by atoms with E-state index in [0.29, 0.717) is 5.56 Å². The normalized spacial score (nSPS) is 24.3. The lowest BCUT2D eigenvalue weighted by atomic mass is 9.99. The minimum Gasteiger partial charge on any atom is -0.507 e. The first-order valence-corrected chi connectivity index (χ1v) is 10.4. The van der Waals surface area contributed by atoms with Crippen LogP contribution in [0.15, 0.2) is 39.5 Å². The Morgan fingerprint density at radius 2 is 1.63 bits per heavy atom. The molecule has 5 atom stereocenters. The maximum Gasteiger partial charge on any atom is 0.229 e. The van der Waals surface area contributed by atoms with Gasteiger partial charge in [0.15, 0.2) is 28.3 Å². The number of rotatable bonds is 6. The standard InChI is InChI=1S/C23H24O12/c1-31-14-5-9(3-4-12(14)34-23-21(30)20(29)18(27)16(8-24)35-23)13-6-10(25)17-11(26)7-15(32-2)19(28)22(17)33-13/h3-7,16,18,20-21,23-24,26-30H,8H2,1-2H3/t16-,18-,20+,21-,23-/m1/s1. The molecule has 0 bridgehead atoms. The van der Waals surface area contributed by atoms with Crippen LogP contribution in [-0.2, 0) is 4.74 Å². The van der Waals surface area contributed by atoms with Gasteiger partial charge in [-0.1, -0.05) is 0 Å². The van der Waals surface area contributed by atoms with Gasteiger partial charge in [-0.2, -0.15) is 0 Å². The number of aliphatic hydroxyl groups excluding tert-OH is 4. The predicted octanol–water partition coefficient (Wildman–Crippen LogP) is 0.0671. The molecule has 1 saturated heterocycles. The smallest absolute Gasteiger partial charge is 0.229 e. The van der Waals surface area contributed by atoms with E-state index in [9.17, 15) is 35.4 Å². The number of phenolic OH excluding ortho intramolecular Hbond substituents is 2. The van der Waals surface area contributed by atoms with Gasteiger partial charge in [0.2, 0.25) is 12.0 Å². The van der Waals surface area contributed by atoms with Gasteiger partial charge in [-0.05, 0) is 18.2 Å². The van der Waals surface area contributed by atoms with Gasteiger partial charge in [0.25, 0.3) is 0 Å². The number of phenols is 2. The van der Waals surface area contributed by atoms with Gasteiger partial charge in [0.1, 0.15) is 41.3 Å². The van der Waals surface area contributed by atoms with Crippen LogP contribution in [-0.4, -0.2) is 82.2 Å². The summed E-state index contributed by atoms with van der Waals surface area (Å²) in [4.78, 5) is 12.6. The average molecular weight is 492 g/mol. The maximum atomic E-state index is 12.6. The molecule has 0 unspecified atom stereocenters. The van der Waals surface area contributed by atoms with Crippen LogP contribution >= 0.6 is 0 Å². The fourth-order valence-electron chi connectivity index (χ4n) is 3.79. The molecular weight excluding hydrogens is 468 g/mol. The molecule has 6 N–H and O–H groups in total. The van der Waals surface area contributed by atoms with Gasteiger partial charge >= 0.3 is 0 Å². The Balaban J connectivity index is 1.71. The Morgan fingerprint density at radius 1 is 0.914 bits per heavy atom. The molecule has 12 nitrogen and oxygen atoms in total. The molecule has 1 aliphatic rings. The monoisotopic (exact) mass is 492 g/mol. The number of hydrogen-bond acceptors (Lipinski definition) is 12. The molecule has 3 aromatic rings. The summed E-state index contributed by atoms with van der Waals surface area (Å²) in [7, 11) is 2.62. The Kier molecular flexibility index (Phi) is 6.74. The quantitative estimate of drug-likeness (QED) is 0.254. The van der Waals surface area contributed by atoms with E-state index in [1.54, 1.807) is 0 Å². The van der Waals surface area contributed by atoms with Crippen LogP contribution in [0.25, 0.3) is 22.3 Å². The third kappa shape index (κ3) is 4.33. The largest absolute Gasteiger partial charge is 0.507 e. The van der Waals surface area contributed by atoms with E-state index in [-0.39, 0.29) is 34.0 Å². The lowest BCUT2D eigenvalue weighted by Crippen LogP contribution is -2.60. The second-order valence-electron chi connectivity index (χ2n) is 7.81. The number of aromatic hydroxyl groups is 2. The van der Waals surface area contributed by atoms with Crippen molar-refractivity contribution in [1.29, 1.82) is 0 Å². The van der Waals surface area contributed by atoms with Gasteiger partial charge < -0.3 is 54.0 Å². The van der Waals surface area contributed by atoms with E-state index in [1.165, 1.54) is 32.4 Å². The van der Waals surface area contributed by atoms with E-state index < -0.39 is 54.2 Å². The van der Waals surface area contributed by atoms with Crippen molar-refractivity contribution < 1.29 is 54.0 Å². The molecule has 1 aliphatic heterocycles. The van der Waals surface area contributed by atoms with Gasteiger partial charge in [0, 0.05) is 17.7 Å². The molecule has 1 aromatic heterocycles. The van der Waals surface area contributed by atoms with Gasteiger partial charge in [-0.15, -0.1) is 0 Å². The van der Waals surface area contributed by atoms with Crippen LogP contribution < -0.4 is 19.6 Å². The molecular formula is C23H24O12. The Bertz CT molecular complexity index is 1280. The number of hydrogen-bond donors (Lipinski definition) is 6. The fourth-order valence-corrected chi connectivity index (χ4v) is 3.79. The maximum absolute atomic E-state index is 12.6. The first-order valence-electron chi connectivity index (χ1n) is 10.4. The molecule has 12 heteroatoms. The van der Waals surface area contributed by atoms with Gasteiger partial charge in [0.05, 0.1) is 20.8 Å². The number of methoxy groups -OCH3 is 2. The van der Waals surface area contributed by atoms with Crippen molar-refractivity contribution in [2.75, 3.05) is 20.8 Å². The summed E-state index contributed by atoms with van der Waals surface area (Å²) in [5.41, 5.74) is -0.550. The summed E-state index contributed by atoms with van der Waals surface area (Å²) in [6, 6.07) is 6.58. The van der Waals surface area contributed by atoms with Crippen molar-refractivity contribution in [3.8, 4) is 40.1 Å². The highest BCUT2D eigenvalue weighted by molar-refractivity contribution is 5.91. The zero-order valence-electron chi connectivity index (χ0n) is 18.6. The molecule has 0 aliphatic carbocycles. The van der Waals surface area contributed by atoms with Crippen molar-refractivity contribution in [2.24, 2.45) is 0 Å². The zero-order valence-corrected chi connectivity index (χ0v) is 18.6. The first-order chi connectivity index (χ1) is 16.7. The SMILES string of the molecule is COc1cc(-c2cc(=O)c3c(O)cc(OC)c(O)c3o2)ccc1O[C@@H]1O[C@H](CO)[C@@H](O)[C@H](O)[C@H]1O. The van der Waals surface area contributed by atoms with E-state index in [4.69, 9.17) is 23.4 Å². The molecule has 0 radical (unpaired) electrons. The van der Waals surface area contributed by atoms with Crippen molar-refractivity contribution in [2.45, 2.75) is 30.7 Å². The summed E-state index contributed by atoms with van der Waals surface area (Å²) >= 11 is 0. The van der Waals surface area contributed by atoms with Crippen LogP contribution in [0.2, 0.25) is 0 Å². The van der Waals surface area contributed by atoms with E-state index in [1.807, 2.05) is 0 Å². The topological polar surface area (TPSA) is 189 Å². The van der Waals surface area contributed by atoms with E-state index >= 15 is 0 Å². The Morgan fingerprint density at radius 3 is 2.29 bits per heavy atom. The average Bonchev–Trinajstić information content (AvgIpc) is 2.86. The summed E-state index contributed by atoms with van der Waals surface area (Å²) < 4.78 is 27.0. The molecule has 2 aromatic carbocycles. The van der Waals surface area contributed by atoms with E-state index in [0.717, 1.165) is 12.1 Å². The van der Waals surface area contributed by atoms with Gasteiger partial charge in [-0.25, -0.2) is 0 Å². The Hall–Kier alpha value is -3.55. The minimum atomic E-state index is -1.62. The van der Waals surface area contributed by atoms with Crippen LogP contribution in [0.5, 0.6) is 28.7 Å². The number of benzene rings is 2. The third-order valence-corrected chi connectivity index (χ3v) is 5.68. The predicted molar refractivity (Wildman–Crippen MR) is 119 cm³/mol. The van der Waals surface area contributed by atoms with Gasteiger partial charge in [-0.3, -0.25) is 4.79 Å². The summed E-state index contributed by atoms with van der Waals surface area (Å²) in [6.45, 7) is -0.616. The third-order valence-electron chi connectivity index (χ3n) is 5.68. The first kappa shape index (κ1) is 24.6.